The number of alkyl halides is 3. The van der Waals surface area contributed by atoms with E-state index in [1.54, 1.807) is 0 Å². The second-order valence-electron chi connectivity index (χ2n) is 2.73. The van der Waals surface area contributed by atoms with Crippen molar-refractivity contribution in [3.05, 3.63) is 29.1 Å². The molecule has 1 rings (SSSR count). The Hall–Kier alpha value is -1.24. The van der Waals surface area contributed by atoms with Gasteiger partial charge in [-0.2, -0.15) is 8.78 Å². The smallest absolute Gasteiger partial charge is 0.387 e. The Morgan fingerprint density at radius 3 is 2.56 bits per heavy atom. The van der Waals surface area contributed by atoms with Gasteiger partial charge in [-0.1, -0.05) is 22.0 Å². The number of hydrogen-bond acceptors (Lipinski definition) is 2. The highest BCUT2D eigenvalue weighted by atomic mass is 79.9. The van der Waals surface area contributed by atoms with E-state index in [1.807, 2.05) is 0 Å². The molecule has 0 saturated heterocycles. The van der Waals surface area contributed by atoms with Crippen LogP contribution >= 0.6 is 15.9 Å². The fourth-order valence-electron chi connectivity index (χ4n) is 1.15. The van der Waals surface area contributed by atoms with E-state index in [2.05, 4.69) is 20.7 Å². The molecule has 0 aliphatic rings. The van der Waals surface area contributed by atoms with Crippen molar-refractivity contribution in [1.29, 1.82) is 0 Å². The summed E-state index contributed by atoms with van der Waals surface area (Å²) in [7, 11) is 0. The topological polar surface area (TPSA) is 46.5 Å². The van der Waals surface area contributed by atoms with Gasteiger partial charge in [0, 0.05) is 5.33 Å². The van der Waals surface area contributed by atoms with Gasteiger partial charge in [-0.05, 0) is 11.6 Å². The van der Waals surface area contributed by atoms with Crippen LogP contribution in [0.3, 0.4) is 0 Å². The van der Waals surface area contributed by atoms with Gasteiger partial charge in [0.2, 0.25) is 0 Å². The first-order valence-corrected chi connectivity index (χ1v) is 5.15. The minimum Gasteiger partial charge on any atom is -0.478 e. The first kappa shape index (κ1) is 12.8. The summed E-state index contributed by atoms with van der Waals surface area (Å²) < 4.78 is 41.0. The molecule has 0 unspecified atom stereocenters. The van der Waals surface area contributed by atoms with Gasteiger partial charge in [0.15, 0.2) is 11.6 Å². The van der Waals surface area contributed by atoms with Gasteiger partial charge in [-0.15, -0.1) is 0 Å². The molecule has 0 bridgehead atoms. The van der Waals surface area contributed by atoms with Crippen LogP contribution in [0.25, 0.3) is 0 Å². The quantitative estimate of drug-likeness (QED) is 0.869. The number of aromatic carboxylic acids is 1. The van der Waals surface area contributed by atoms with Crippen LogP contribution in [0.2, 0.25) is 0 Å². The Labute approximate surface area is 97.0 Å². The van der Waals surface area contributed by atoms with Gasteiger partial charge in [-0.25, -0.2) is 9.18 Å². The Bertz CT molecular complexity index is 409. The molecule has 0 heterocycles. The highest BCUT2D eigenvalue weighted by Crippen LogP contribution is 2.29. The van der Waals surface area contributed by atoms with E-state index in [1.165, 1.54) is 6.07 Å². The molecule has 1 N–H and O–H groups in total. The van der Waals surface area contributed by atoms with Crippen molar-refractivity contribution in [1.82, 2.24) is 0 Å². The highest BCUT2D eigenvalue weighted by Gasteiger charge is 2.22. The van der Waals surface area contributed by atoms with Crippen molar-refractivity contribution in [2.45, 2.75) is 11.9 Å². The summed E-state index contributed by atoms with van der Waals surface area (Å²) in [6.07, 6.45) is 0. The van der Waals surface area contributed by atoms with Crippen LogP contribution in [0.4, 0.5) is 13.2 Å². The van der Waals surface area contributed by atoms with Crippen LogP contribution in [0, 0.1) is 5.82 Å². The normalized spacial score (nSPS) is 10.6. The van der Waals surface area contributed by atoms with Crippen LogP contribution in [0.15, 0.2) is 12.1 Å². The van der Waals surface area contributed by atoms with Crippen LogP contribution < -0.4 is 4.74 Å². The first-order chi connectivity index (χ1) is 7.47. The Morgan fingerprint density at radius 2 is 2.12 bits per heavy atom. The van der Waals surface area contributed by atoms with E-state index in [4.69, 9.17) is 5.11 Å². The fourth-order valence-corrected chi connectivity index (χ4v) is 1.62. The molecule has 88 valence electrons. The molecule has 0 spiro atoms. The van der Waals surface area contributed by atoms with Crippen molar-refractivity contribution in [2.75, 3.05) is 0 Å². The maximum Gasteiger partial charge on any atom is 0.387 e. The SMILES string of the molecule is O=C(O)c1c(CBr)ccc(F)c1OC(F)F. The molecule has 1 aromatic rings. The van der Waals surface area contributed by atoms with E-state index in [0.29, 0.717) is 0 Å². The van der Waals surface area contributed by atoms with Gasteiger partial charge in [-0.3, -0.25) is 0 Å². The highest BCUT2D eigenvalue weighted by molar-refractivity contribution is 9.08. The van der Waals surface area contributed by atoms with Gasteiger partial charge >= 0.3 is 12.6 Å². The Morgan fingerprint density at radius 1 is 1.50 bits per heavy atom. The lowest BCUT2D eigenvalue weighted by Gasteiger charge is -2.11. The summed E-state index contributed by atoms with van der Waals surface area (Å²) in [4.78, 5) is 10.8. The molecule has 0 amide bonds. The average molecular weight is 299 g/mol. The van der Waals surface area contributed by atoms with Crippen molar-refractivity contribution in [3.8, 4) is 5.75 Å². The molecule has 7 heteroatoms. The zero-order chi connectivity index (χ0) is 12.3. The van der Waals surface area contributed by atoms with Crippen molar-refractivity contribution >= 4 is 21.9 Å². The number of ether oxygens (including phenoxy) is 1. The molecular formula is C9H6BrF3O3. The molecule has 0 aliphatic heterocycles. The molecule has 0 saturated carbocycles. The third-order valence-electron chi connectivity index (χ3n) is 1.76. The van der Waals surface area contributed by atoms with E-state index in [-0.39, 0.29) is 10.9 Å². The van der Waals surface area contributed by atoms with Crippen molar-refractivity contribution in [2.24, 2.45) is 0 Å². The number of halogens is 4. The molecule has 0 fully saturated rings. The molecular weight excluding hydrogens is 293 g/mol. The monoisotopic (exact) mass is 298 g/mol. The third kappa shape index (κ3) is 2.66. The van der Waals surface area contributed by atoms with Crippen LogP contribution in [0.1, 0.15) is 15.9 Å². The predicted molar refractivity (Wildman–Crippen MR) is 52.6 cm³/mol. The van der Waals surface area contributed by atoms with Crippen LogP contribution in [-0.2, 0) is 5.33 Å². The minimum absolute atomic E-state index is 0.0918. The maximum absolute atomic E-state index is 13.2. The minimum atomic E-state index is -3.28. The van der Waals surface area contributed by atoms with Crippen molar-refractivity contribution in [3.63, 3.8) is 0 Å². The molecule has 0 atom stereocenters. The number of benzene rings is 1. The summed E-state index contributed by atoms with van der Waals surface area (Å²) in [5.41, 5.74) is -0.443. The molecule has 3 nitrogen and oxygen atoms in total. The zero-order valence-corrected chi connectivity index (χ0v) is 9.30. The third-order valence-corrected chi connectivity index (χ3v) is 2.36. The standard InChI is InChI=1S/C9H6BrF3O3/c10-3-4-1-2-5(11)7(16-9(12)13)6(4)8(14)15/h1-2,9H,3H2,(H,14,15). The molecule has 16 heavy (non-hydrogen) atoms. The molecule has 0 aromatic heterocycles. The summed E-state index contributed by atoms with van der Waals surface area (Å²) >= 11 is 2.97. The van der Waals surface area contributed by atoms with E-state index in [0.717, 1.165) is 6.07 Å². The number of rotatable bonds is 4. The van der Waals surface area contributed by atoms with Gasteiger partial charge in [0.05, 0.1) is 0 Å². The molecule has 0 radical (unpaired) electrons. The summed E-state index contributed by atoms with van der Waals surface area (Å²) in [6.45, 7) is -3.28. The number of carboxylic acids is 1. The fraction of sp³-hybridized carbons (Fsp3) is 0.222. The maximum atomic E-state index is 13.2. The lowest BCUT2D eigenvalue weighted by molar-refractivity contribution is -0.0527. The first-order valence-electron chi connectivity index (χ1n) is 4.02. The summed E-state index contributed by atoms with van der Waals surface area (Å²) in [5, 5.41) is 8.89. The Balaban J connectivity index is 3.35. The predicted octanol–water partition coefficient (Wildman–Crippen LogP) is 3.02. The second kappa shape index (κ2) is 5.20. The largest absolute Gasteiger partial charge is 0.478 e. The van der Waals surface area contributed by atoms with E-state index < -0.39 is 29.7 Å². The lowest BCUT2D eigenvalue weighted by atomic mass is 10.1. The average Bonchev–Trinajstić information content (AvgIpc) is 2.19. The van der Waals surface area contributed by atoms with Gasteiger partial charge < -0.3 is 9.84 Å². The van der Waals surface area contributed by atoms with E-state index >= 15 is 0 Å². The number of carbonyl (C=O) groups is 1. The van der Waals surface area contributed by atoms with Crippen molar-refractivity contribution < 1.29 is 27.8 Å². The number of hydrogen-bond donors (Lipinski definition) is 1. The molecule has 1 aromatic carbocycles. The summed E-state index contributed by atoms with van der Waals surface area (Å²) in [6, 6.07) is 2.06. The van der Waals surface area contributed by atoms with E-state index in [9.17, 15) is 18.0 Å². The van der Waals surface area contributed by atoms with Gasteiger partial charge in [0.25, 0.3) is 0 Å². The van der Waals surface area contributed by atoms with Crippen LogP contribution in [0.5, 0.6) is 5.75 Å². The van der Waals surface area contributed by atoms with Gasteiger partial charge in [0.1, 0.15) is 5.56 Å². The summed E-state index contributed by atoms with van der Waals surface area (Å²) in [5.74, 6) is -3.61. The zero-order valence-electron chi connectivity index (χ0n) is 7.71. The number of carboxylic acid groups (broad SMARTS) is 1. The second-order valence-corrected chi connectivity index (χ2v) is 3.29. The molecule has 0 aliphatic carbocycles. The van der Waals surface area contributed by atoms with Crippen LogP contribution in [-0.4, -0.2) is 17.7 Å². The Kier molecular flexibility index (Phi) is 4.17. The lowest BCUT2D eigenvalue weighted by Crippen LogP contribution is -2.11.